The SMILES string of the molecule is CC.COc1ccc(Oc2c(Cl)cc(N=O)cc2Cl)cc1. The third-order valence-corrected chi connectivity index (χ3v) is 2.93. The van der Waals surface area contributed by atoms with E-state index in [9.17, 15) is 4.91 Å². The Morgan fingerprint density at radius 2 is 1.43 bits per heavy atom. The Hall–Kier alpha value is -1.78. The van der Waals surface area contributed by atoms with Gasteiger partial charge in [-0.3, -0.25) is 0 Å². The molecule has 6 heteroatoms. The number of hydrogen-bond donors (Lipinski definition) is 0. The van der Waals surface area contributed by atoms with Crippen LogP contribution >= 0.6 is 23.2 Å². The van der Waals surface area contributed by atoms with Gasteiger partial charge in [0.15, 0.2) is 5.75 Å². The number of hydrogen-bond acceptors (Lipinski definition) is 4. The zero-order chi connectivity index (χ0) is 15.8. The molecule has 0 atom stereocenters. The van der Waals surface area contributed by atoms with Gasteiger partial charge in [-0.2, -0.15) is 0 Å². The lowest BCUT2D eigenvalue weighted by Gasteiger charge is -2.10. The van der Waals surface area contributed by atoms with Crippen LogP contribution < -0.4 is 9.47 Å². The highest BCUT2D eigenvalue weighted by molar-refractivity contribution is 6.37. The van der Waals surface area contributed by atoms with Crippen LogP contribution in [0, 0.1) is 4.91 Å². The van der Waals surface area contributed by atoms with Crippen LogP contribution in [0.2, 0.25) is 10.0 Å². The molecule has 21 heavy (non-hydrogen) atoms. The molecule has 0 unspecified atom stereocenters. The first-order chi connectivity index (χ1) is 10.1. The van der Waals surface area contributed by atoms with Crippen molar-refractivity contribution in [2.75, 3.05) is 7.11 Å². The summed E-state index contributed by atoms with van der Waals surface area (Å²) in [5.74, 6) is 1.54. The third-order valence-electron chi connectivity index (χ3n) is 2.37. The van der Waals surface area contributed by atoms with E-state index >= 15 is 0 Å². The van der Waals surface area contributed by atoms with E-state index in [1.165, 1.54) is 12.1 Å². The van der Waals surface area contributed by atoms with Gasteiger partial charge in [0.2, 0.25) is 0 Å². The largest absolute Gasteiger partial charge is 0.497 e. The molecule has 0 saturated carbocycles. The number of benzene rings is 2. The van der Waals surface area contributed by atoms with E-state index in [0.717, 1.165) is 0 Å². The van der Waals surface area contributed by atoms with Gasteiger partial charge in [-0.1, -0.05) is 37.0 Å². The zero-order valence-electron chi connectivity index (χ0n) is 11.9. The molecular weight excluding hydrogens is 313 g/mol. The summed E-state index contributed by atoms with van der Waals surface area (Å²) in [4.78, 5) is 10.4. The Labute approximate surface area is 133 Å². The molecule has 0 aromatic heterocycles. The fraction of sp³-hybridized carbons (Fsp3) is 0.200. The normalized spacial score (nSPS) is 9.38. The van der Waals surface area contributed by atoms with Gasteiger partial charge in [0, 0.05) is 0 Å². The van der Waals surface area contributed by atoms with Gasteiger partial charge < -0.3 is 9.47 Å². The van der Waals surface area contributed by atoms with Gasteiger partial charge in [-0.25, -0.2) is 0 Å². The Bertz CT molecular complexity index is 577. The fourth-order valence-corrected chi connectivity index (χ4v) is 2.01. The highest BCUT2D eigenvalue weighted by Gasteiger charge is 2.11. The number of halogens is 2. The molecule has 0 aliphatic carbocycles. The van der Waals surface area contributed by atoms with Crippen LogP contribution in [0.1, 0.15) is 13.8 Å². The predicted octanol–water partition coefficient (Wildman–Crippen LogP) is 6.22. The van der Waals surface area contributed by atoms with Crippen molar-refractivity contribution in [2.45, 2.75) is 13.8 Å². The molecule has 0 spiro atoms. The van der Waals surface area contributed by atoms with Crippen molar-refractivity contribution in [1.82, 2.24) is 0 Å². The minimum absolute atomic E-state index is 0.150. The molecule has 2 aromatic carbocycles. The first-order valence-electron chi connectivity index (χ1n) is 6.28. The van der Waals surface area contributed by atoms with Crippen LogP contribution in [-0.4, -0.2) is 7.11 Å². The third kappa shape index (κ3) is 4.62. The Morgan fingerprint density at radius 3 is 1.86 bits per heavy atom. The maximum Gasteiger partial charge on any atom is 0.164 e. The summed E-state index contributed by atoms with van der Waals surface area (Å²) in [6, 6.07) is 9.71. The van der Waals surface area contributed by atoms with Crippen LogP contribution in [0.3, 0.4) is 0 Å². The first kappa shape index (κ1) is 17.3. The Kier molecular flexibility index (Phi) is 6.99. The van der Waals surface area contributed by atoms with Gasteiger partial charge in [0.1, 0.15) is 17.2 Å². The summed E-state index contributed by atoms with van der Waals surface area (Å²) in [7, 11) is 1.58. The topological polar surface area (TPSA) is 47.9 Å². The molecular formula is C15H15Cl2NO3. The van der Waals surface area contributed by atoms with E-state index in [2.05, 4.69) is 5.18 Å². The number of nitroso groups, excluding NO2 is 1. The molecule has 2 rings (SSSR count). The minimum Gasteiger partial charge on any atom is -0.497 e. The molecule has 0 heterocycles. The Morgan fingerprint density at radius 1 is 0.952 bits per heavy atom. The van der Waals surface area contributed by atoms with Crippen LogP contribution in [0.25, 0.3) is 0 Å². The molecule has 2 aromatic rings. The molecule has 0 aliphatic heterocycles. The highest BCUT2D eigenvalue weighted by atomic mass is 35.5. The molecule has 0 N–H and O–H groups in total. The summed E-state index contributed by atoms with van der Waals surface area (Å²) < 4.78 is 10.6. The van der Waals surface area contributed by atoms with E-state index in [4.69, 9.17) is 32.7 Å². The number of ether oxygens (including phenoxy) is 2. The molecule has 0 amide bonds. The van der Waals surface area contributed by atoms with E-state index in [1.54, 1.807) is 31.4 Å². The van der Waals surface area contributed by atoms with Crippen LogP contribution in [0.4, 0.5) is 5.69 Å². The van der Waals surface area contributed by atoms with Crippen molar-refractivity contribution in [3.63, 3.8) is 0 Å². The highest BCUT2D eigenvalue weighted by Crippen LogP contribution is 2.39. The van der Waals surface area contributed by atoms with Gasteiger partial charge in [-0.15, -0.1) is 4.91 Å². The van der Waals surface area contributed by atoms with Crippen LogP contribution in [-0.2, 0) is 0 Å². The average Bonchev–Trinajstić information content (AvgIpc) is 2.53. The summed E-state index contributed by atoms with van der Waals surface area (Å²) >= 11 is 12.0. The lowest BCUT2D eigenvalue weighted by Crippen LogP contribution is -1.87. The predicted molar refractivity (Wildman–Crippen MR) is 86.3 cm³/mol. The van der Waals surface area contributed by atoms with Crippen molar-refractivity contribution in [3.05, 3.63) is 51.4 Å². The second kappa shape index (κ2) is 8.49. The molecule has 0 saturated heterocycles. The second-order valence-electron chi connectivity index (χ2n) is 3.61. The van der Waals surface area contributed by atoms with Crippen molar-refractivity contribution >= 4 is 28.9 Å². The van der Waals surface area contributed by atoms with Gasteiger partial charge >= 0.3 is 0 Å². The van der Waals surface area contributed by atoms with E-state index in [1.807, 2.05) is 13.8 Å². The van der Waals surface area contributed by atoms with Gasteiger partial charge in [0.05, 0.1) is 17.2 Å². The van der Waals surface area contributed by atoms with Crippen LogP contribution in [0.5, 0.6) is 17.2 Å². The van der Waals surface area contributed by atoms with Crippen LogP contribution in [0.15, 0.2) is 41.6 Å². The number of methoxy groups -OCH3 is 1. The van der Waals surface area contributed by atoms with E-state index in [0.29, 0.717) is 11.5 Å². The summed E-state index contributed by atoms with van der Waals surface area (Å²) in [6.07, 6.45) is 0. The molecule has 0 fully saturated rings. The lowest BCUT2D eigenvalue weighted by atomic mass is 10.3. The lowest BCUT2D eigenvalue weighted by molar-refractivity contribution is 0.413. The summed E-state index contributed by atoms with van der Waals surface area (Å²) in [5.41, 5.74) is 0.150. The first-order valence-corrected chi connectivity index (χ1v) is 7.04. The molecule has 112 valence electrons. The van der Waals surface area contributed by atoms with E-state index in [-0.39, 0.29) is 21.5 Å². The van der Waals surface area contributed by atoms with Crippen molar-refractivity contribution in [3.8, 4) is 17.2 Å². The second-order valence-corrected chi connectivity index (χ2v) is 4.42. The number of rotatable bonds is 4. The molecule has 0 bridgehead atoms. The number of nitrogens with zero attached hydrogens (tertiary/aromatic N) is 1. The standard InChI is InChI=1S/C13H9Cl2NO3.C2H6/c1-18-9-2-4-10(5-3-9)19-13-11(14)6-8(16-17)7-12(13)15;1-2/h2-7H,1H3;1-2H3. The van der Waals surface area contributed by atoms with Crippen molar-refractivity contribution < 1.29 is 9.47 Å². The monoisotopic (exact) mass is 327 g/mol. The zero-order valence-corrected chi connectivity index (χ0v) is 13.4. The molecule has 0 radical (unpaired) electrons. The summed E-state index contributed by atoms with van der Waals surface area (Å²) in [5, 5.41) is 3.21. The van der Waals surface area contributed by atoms with E-state index < -0.39 is 0 Å². The Balaban J connectivity index is 0.00000106. The quantitative estimate of drug-likeness (QED) is 0.626. The molecule has 4 nitrogen and oxygen atoms in total. The summed E-state index contributed by atoms with van der Waals surface area (Å²) in [6.45, 7) is 4.00. The minimum atomic E-state index is 0.150. The molecule has 0 aliphatic rings. The van der Waals surface area contributed by atoms with Gasteiger partial charge in [-0.05, 0) is 41.6 Å². The van der Waals surface area contributed by atoms with Gasteiger partial charge in [0.25, 0.3) is 0 Å². The smallest absolute Gasteiger partial charge is 0.164 e. The van der Waals surface area contributed by atoms with Crippen molar-refractivity contribution in [2.24, 2.45) is 5.18 Å². The maximum atomic E-state index is 10.4. The fourth-order valence-electron chi connectivity index (χ4n) is 1.46. The van der Waals surface area contributed by atoms with Crippen molar-refractivity contribution in [1.29, 1.82) is 0 Å². The maximum absolute atomic E-state index is 10.4. The average molecular weight is 328 g/mol.